The van der Waals surface area contributed by atoms with Crippen molar-refractivity contribution in [2.75, 3.05) is 24.2 Å². The molecule has 2 fully saturated rings. The van der Waals surface area contributed by atoms with Crippen molar-refractivity contribution in [1.82, 2.24) is 0 Å². The van der Waals surface area contributed by atoms with Crippen LogP contribution in [0.25, 0.3) is 0 Å². The third-order valence-corrected chi connectivity index (χ3v) is 6.26. The molecular weight excluding hydrogens is 473 g/mol. The number of fused-ring (bicyclic) bond motifs is 1. The molecule has 2 aliphatic rings. The molecule has 2 heterocycles. The van der Waals surface area contributed by atoms with Crippen molar-refractivity contribution in [3.63, 3.8) is 0 Å². The summed E-state index contributed by atoms with van der Waals surface area (Å²) in [6.07, 6.45) is -1.25. The second-order valence-corrected chi connectivity index (χ2v) is 8.17. The lowest BCUT2D eigenvalue weighted by Crippen LogP contribution is -2.37. The molecule has 3 aromatic carbocycles. The second-order valence-electron chi connectivity index (χ2n) is 8.17. The lowest BCUT2D eigenvalue weighted by atomic mass is 9.89. The standard InChI is InChI=1S/C25H20FN3O7/c1-34-19-12-17(18(29(32)33)13-20(19)35-2)22-21-23(36-28(22)16-6-4-3-5-7-16)25(31)27(24(21)30)15-10-8-14(26)9-11-15/h3-13,21-23H,1-2H3/t21-,22+,23-/m1/s1. The van der Waals surface area contributed by atoms with Gasteiger partial charge in [-0.3, -0.25) is 24.5 Å². The molecule has 0 N–H and O–H groups in total. The zero-order chi connectivity index (χ0) is 25.6. The lowest BCUT2D eigenvalue weighted by Gasteiger charge is -2.29. The molecule has 0 aliphatic carbocycles. The molecule has 0 saturated carbocycles. The number of benzene rings is 3. The predicted molar refractivity (Wildman–Crippen MR) is 125 cm³/mol. The van der Waals surface area contributed by atoms with Crippen LogP contribution < -0.4 is 19.4 Å². The Bertz CT molecular complexity index is 1350. The van der Waals surface area contributed by atoms with Crippen LogP contribution in [0.5, 0.6) is 11.5 Å². The lowest BCUT2D eigenvalue weighted by molar-refractivity contribution is -0.385. The van der Waals surface area contributed by atoms with Crippen LogP contribution in [0, 0.1) is 21.8 Å². The van der Waals surface area contributed by atoms with E-state index < -0.39 is 40.6 Å². The van der Waals surface area contributed by atoms with Crippen LogP contribution in [0.1, 0.15) is 11.6 Å². The number of hydroxylamine groups is 1. The molecule has 3 aromatic rings. The van der Waals surface area contributed by atoms with Gasteiger partial charge in [0.25, 0.3) is 11.6 Å². The number of nitro groups is 1. The van der Waals surface area contributed by atoms with Gasteiger partial charge >= 0.3 is 0 Å². The van der Waals surface area contributed by atoms with Crippen molar-refractivity contribution in [3.05, 3.63) is 88.2 Å². The first-order chi connectivity index (χ1) is 17.3. The smallest absolute Gasteiger partial charge is 0.278 e. The maximum absolute atomic E-state index is 13.7. The van der Waals surface area contributed by atoms with Gasteiger partial charge in [-0.25, -0.2) is 14.4 Å². The van der Waals surface area contributed by atoms with Crippen molar-refractivity contribution in [3.8, 4) is 11.5 Å². The zero-order valence-corrected chi connectivity index (χ0v) is 19.2. The number of amides is 2. The van der Waals surface area contributed by atoms with Crippen LogP contribution in [0.2, 0.25) is 0 Å². The van der Waals surface area contributed by atoms with Crippen LogP contribution in [-0.2, 0) is 14.4 Å². The average molecular weight is 493 g/mol. The summed E-state index contributed by atoms with van der Waals surface area (Å²) in [6.45, 7) is 0. The Balaban J connectivity index is 1.68. The first-order valence-corrected chi connectivity index (χ1v) is 10.9. The van der Waals surface area contributed by atoms with E-state index in [1.54, 1.807) is 30.3 Å². The fourth-order valence-electron chi connectivity index (χ4n) is 4.65. The maximum atomic E-state index is 13.7. The van der Waals surface area contributed by atoms with Crippen molar-refractivity contribution < 1.29 is 33.2 Å². The summed E-state index contributed by atoms with van der Waals surface area (Å²) in [5.74, 6) is -2.58. The molecule has 3 atom stereocenters. The number of hydrogen-bond acceptors (Lipinski definition) is 8. The number of nitro benzene ring substituents is 1. The average Bonchev–Trinajstić information content (AvgIpc) is 3.40. The van der Waals surface area contributed by atoms with E-state index in [1.807, 2.05) is 0 Å². The molecule has 2 saturated heterocycles. The fourth-order valence-corrected chi connectivity index (χ4v) is 4.65. The summed E-state index contributed by atoms with van der Waals surface area (Å²) in [7, 11) is 2.74. The Morgan fingerprint density at radius 1 is 0.917 bits per heavy atom. The summed E-state index contributed by atoms with van der Waals surface area (Å²) in [5.41, 5.74) is 0.450. The molecule has 10 nitrogen and oxygen atoms in total. The van der Waals surface area contributed by atoms with E-state index in [1.165, 1.54) is 43.5 Å². The normalized spacial score (nSPS) is 21.0. The van der Waals surface area contributed by atoms with Crippen molar-refractivity contribution in [1.29, 1.82) is 0 Å². The maximum Gasteiger partial charge on any atom is 0.278 e. The van der Waals surface area contributed by atoms with Gasteiger partial charge in [-0.2, -0.15) is 0 Å². The molecule has 2 aliphatic heterocycles. The molecular formula is C25H20FN3O7. The van der Waals surface area contributed by atoms with E-state index in [2.05, 4.69) is 0 Å². The molecule has 0 bridgehead atoms. The summed E-state index contributed by atoms with van der Waals surface area (Å²) in [6, 6.07) is 15.1. The summed E-state index contributed by atoms with van der Waals surface area (Å²) >= 11 is 0. The highest BCUT2D eigenvalue weighted by Gasteiger charge is 2.61. The minimum Gasteiger partial charge on any atom is -0.493 e. The van der Waals surface area contributed by atoms with Gasteiger partial charge in [0, 0.05) is 0 Å². The van der Waals surface area contributed by atoms with Gasteiger partial charge in [-0.15, -0.1) is 0 Å². The van der Waals surface area contributed by atoms with Crippen LogP contribution in [0.4, 0.5) is 21.5 Å². The minimum absolute atomic E-state index is 0.108. The third-order valence-electron chi connectivity index (χ3n) is 6.26. The third kappa shape index (κ3) is 3.60. The van der Waals surface area contributed by atoms with E-state index in [0.717, 1.165) is 17.0 Å². The fraction of sp³-hybridized carbons (Fsp3) is 0.200. The molecule has 0 aromatic heterocycles. The van der Waals surface area contributed by atoms with Crippen molar-refractivity contribution in [2.45, 2.75) is 12.1 Å². The number of rotatable bonds is 6. The Morgan fingerprint density at radius 2 is 1.56 bits per heavy atom. The van der Waals surface area contributed by atoms with Gasteiger partial charge < -0.3 is 9.47 Å². The molecule has 0 spiro atoms. The number of halogens is 1. The highest BCUT2D eigenvalue weighted by molar-refractivity contribution is 6.24. The van der Waals surface area contributed by atoms with Crippen LogP contribution in [0.15, 0.2) is 66.7 Å². The number of methoxy groups -OCH3 is 2. The van der Waals surface area contributed by atoms with E-state index in [9.17, 15) is 24.1 Å². The molecule has 184 valence electrons. The zero-order valence-electron chi connectivity index (χ0n) is 19.2. The van der Waals surface area contributed by atoms with E-state index in [-0.39, 0.29) is 28.4 Å². The SMILES string of the molecule is COc1cc([C@H]2[C@H]3C(=O)N(c4ccc(F)cc4)C(=O)[C@@H]3ON2c2ccccc2)c([N+](=O)[O-])cc1OC. The Hall–Kier alpha value is -4.51. The summed E-state index contributed by atoms with van der Waals surface area (Å²) < 4.78 is 24.1. The number of nitrogens with zero attached hydrogens (tertiary/aromatic N) is 3. The number of carbonyl (C=O) groups is 2. The van der Waals surface area contributed by atoms with Gasteiger partial charge in [0.1, 0.15) is 17.8 Å². The van der Waals surface area contributed by atoms with Crippen molar-refractivity contribution in [2.24, 2.45) is 5.92 Å². The molecule has 11 heteroatoms. The molecule has 0 radical (unpaired) electrons. The van der Waals surface area contributed by atoms with Crippen LogP contribution in [-0.4, -0.2) is 37.1 Å². The van der Waals surface area contributed by atoms with Gasteiger partial charge in [-0.05, 0) is 42.5 Å². The Kier molecular flexibility index (Phi) is 5.77. The highest BCUT2D eigenvalue weighted by Crippen LogP contribution is 2.51. The minimum atomic E-state index is -1.25. The number of carbonyl (C=O) groups excluding carboxylic acids is 2. The number of ether oxygens (including phenoxy) is 2. The second kappa shape index (κ2) is 8.93. The summed E-state index contributed by atoms with van der Waals surface area (Å²) in [4.78, 5) is 45.5. The van der Waals surface area contributed by atoms with E-state index >= 15 is 0 Å². The molecule has 2 amide bonds. The molecule has 36 heavy (non-hydrogen) atoms. The van der Waals surface area contributed by atoms with E-state index in [0.29, 0.717) is 5.69 Å². The quantitative estimate of drug-likeness (QED) is 0.290. The van der Waals surface area contributed by atoms with Gasteiger partial charge in [-0.1, -0.05) is 18.2 Å². The van der Waals surface area contributed by atoms with Gasteiger partial charge in [0.15, 0.2) is 17.6 Å². The Morgan fingerprint density at radius 3 is 2.17 bits per heavy atom. The largest absolute Gasteiger partial charge is 0.493 e. The number of imide groups is 1. The monoisotopic (exact) mass is 493 g/mol. The first-order valence-electron chi connectivity index (χ1n) is 10.9. The number of hydrogen-bond donors (Lipinski definition) is 0. The predicted octanol–water partition coefficient (Wildman–Crippen LogP) is 3.80. The first kappa shape index (κ1) is 23.2. The van der Waals surface area contributed by atoms with Gasteiger partial charge in [0.05, 0.1) is 42.1 Å². The Labute approximate surface area is 204 Å². The van der Waals surface area contributed by atoms with Gasteiger partial charge in [0.2, 0.25) is 5.91 Å². The number of anilines is 2. The van der Waals surface area contributed by atoms with Crippen LogP contribution in [0.3, 0.4) is 0 Å². The van der Waals surface area contributed by atoms with Crippen LogP contribution >= 0.6 is 0 Å². The highest BCUT2D eigenvalue weighted by atomic mass is 19.1. The number of para-hydroxylation sites is 1. The summed E-state index contributed by atoms with van der Waals surface area (Å²) in [5, 5.41) is 13.4. The molecule has 0 unspecified atom stereocenters. The molecule has 5 rings (SSSR count). The topological polar surface area (TPSA) is 111 Å². The van der Waals surface area contributed by atoms with E-state index in [4.69, 9.17) is 14.3 Å². The van der Waals surface area contributed by atoms with Crippen molar-refractivity contribution >= 4 is 28.9 Å².